The number of alkyl halides is 3. The number of hydrogen-bond donors (Lipinski definition) is 2. The molecule has 0 bridgehead atoms. The van der Waals surface area contributed by atoms with Gasteiger partial charge in [0.05, 0.1) is 10.5 Å². The Balaban J connectivity index is 2.51. The number of carbonyl (C=O) groups is 1. The van der Waals surface area contributed by atoms with Gasteiger partial charge in [0.15, 0.2) is 15.8 Å². The molecule has 0 unspecified atom stereocenters. The Morgan fingerprint density at radius 3 is 2.14 bits per heavy atom. The molecule has 4 N–H and O–H groups in total. The third-order valence-electron chi connectivity index (χ3n) is 3.56. The maximum atomic E-state index is 12.7. The zero-order valence-corrected chi connectivity index (χ0v) is 16.4. The minimum Gasteiger partial charge on any atom is -0.370 e. The molecule has 0 saturated carbocycles. The average Bonchev–Trinajstić information content (AvgIpc) is 2.52. The number of aliphatic imine (C=N–C) groups is 1. The summed E-state index contributed by atoms with van der Waals surface area (Å²) in [7, 11) is -3.75. The fraction of sp³-hybridized carbons (Fsp3) is 0.176. The van der Waals surface area contributed by atoms with Gasteiger partial charge in [-0.15, -0.1) is 0 Å². The van der Waals surface area contributed by atoms with Crippen molar-refractivity contribution in [2.24, 2.45) is 16.5 Å². The van der Waals surface area contributed by atoms with Crippen LogP contribution < -0.4 is 11.5 Å². The molecule has 0 aliphatic carbocycles. The molecule has 28 heavy (non-hydrogen) atoms. The summed E-state index contributed by atoms with van der Waals surface area (Å²) in [6.45, 7) is 1.57. The highest BCUT2D eigenvalue weighted by atomic mass is 32.2. The fourth-order valence-electron chi connectivity index (χ4n) is 2.28. The first kappa shape index (κ1) is 21.8. The Kier molecular flexibility index (Phi) is 6.09. The molecule has 2 aromatic rings. The first-order valence-electron chi connectivity index (χ1n) is 7.63. The van der Waals surface area contributed by atoms with Crippen LogP contribution in [-0.2, 0) is 16.0 Å². The van der Waals surface area contributed by atoms with Crippen molar-refractivity contribution in [2.45, 2.75) is 27.8 Å². The number of aryl methyl sites for hydroxylation is 1. The van der Waals surface area contributed by atoms with Gasteiger partial charge in [0.1, 0.15) is 0 Å². The van der Waals surface area contributed by atoms with Crippen molar-refractivity contribution in [2.75, 3.05) is 6.26 Å². The van der Waals surface area contributed by atoms with E-state index in [1.807, 2.05) is 0 Å². The van der Waals surface area contributed by atoms with E-state index in [0.29, 0.717) is 10.5 Å². The van der Waals surface area contributed by atoms with Crippen molar-refractivity contribution < 1.29 is 26.4 Å². The summed E-state index contributed by atoms with van der Waals surface area (Å²) < 4.78 is 62.4. The van der Waals surface area contributed by atoms with Crippen LogP contribution in [0.3, 0.4) is 0 Å². The van der Waals surface area contributed by atoms with Crippen LogP contribution in [0.2, 0.25) is 0 Å². The lowest BCUT2D eigenvalue weighted by atomic mass is 10.1. The predicted octanol–water partition coefficient (Wildman–Crippen LogP) is 2.98. The van der Waals surface area contributed by atoms with Crippen LogP contribution in [0.15, 0.2) is 56.1 Å². The molecular weight excluding hydrogens is 415 g/mol. The summed E-state index contributed by atoms with van der Waals surface area (Å²) in [6, 6.07) is 6.92. The second kappa shape index (κ2) is 7.84. The average molecular weight is 431 g/mol. The highest BCUT2D eigenvalue weighted by molar-refractivity contribution is 8.00. The lowest BCUT2D eigenvalue weighted by Gasteiger charge is -2.12. The highest BCUT2D eigenvalue weighted by Gasteiger charge is 2.30. The molecule has 0 fully saturated rings. The van der Waals surface area contributed by atoms with Crippen molar-refractivity contribution in [1.82, 2.24) is 0 Å². The molecule has 11 heteroatoms. The summed E-state index contributed by atoms with van der Waals surface area (Å²) in [5, 5.41) is 0. The molecule has 0 spiro atoms. The minimum absolute atomic E-state index is 0.00518. The van der Waals surface area contributed by atoms with Gasteiger partial charge in [-0.1, -0.05) is 11.8 Å². The van der Waals surface area contributed by atoms with Crippen molar-refractivity contribution in [3.63, 3.8) is 0 Å². The molecule has 0 atom stereocenters. The first-order valence-corrected chi connectivity index (χ1v) is 10.3. The molecular formula is C17H16F3N3O3S2. The zero-order valence-electron chi connectivity index (χ0n) is 14.7. The Morgan fingerprint density at radius 1 is 1.11 bits per heavy atom. The van der Waals surface area contributed by atoms with Gasteiger partial charge in [-0.05, 0) is 48.9 Å². The van der Waals surface area contributed by atoms with Crippen LogP contribution >= 0.6 is 11.8 Å². The number of rotatable bonds is 4. The van der Waals surface area contributed by atoms with E-state index in [4.69, 9.17) is 11.5 Å². The van der Waals surface area contributed by atoms with Crippen LogP contribution in [0, 0.1) is 6.92 Å². The van der Waals surface area contributed by atoms with Crippen molar-refractivity contribution in [3.8, 4) is 0 Å². The SMILES string of the molecule is Cc1cc(Sc2ccc(C(F)(F)F)cc2)c(S(C)(=O)=O)cc1C(=O)N=C(N)N. The number of benzene rings is 2. The summed E-state index contributed by atoms with van der Waals surface area (Å²) in [5.74, 6) is -1.26. The quantitative estimate of drug-likeness (QED) is 0.568. The molecule has 6 nitrogen and oxygen atoms in total. The first-order chi connectivity index (χ1) is 12.8. The van der Waals surface area contributed by atoms with E-state index in [-0.39, 0.29) is 15.4 Å². The third-order valence-corrected chi connectivity index (χ3v) is 5.89. The number of nitrogens with two attached hydrogens (primary N) is 2. The molecule has 1 amide bonds. The number of guanidine groups is 1. The van der Waals surface area contributed by atoms with E-state index in [1.54, 1.807) is 6.92 Å². The van der Waals surface area contributed by atoms with E-state index in [1.165, 1.54) is 18.2 Å². The van der Waals surface area contributed by atoms with Crippen LogP contribution in [0.4, 0.5) is 13.2 Å². The van der Waals surface area contributed by atoms with Gasteiger partial charge < -0.3 is 11.5 Å². The largest absolute Gasteiger partial charge is 0.416 e. The van der Waals surface area contributed by atoms with Crippen molar-refractivity contribution in [1.29, 1.82) is 0 Å². The molecule has 0 heterocycles. The van der Waals surface area contributed by atoms with Crippen LogP contribution in [0.5, 0.6) is 0 Å². The van der Waals surface area contributed by atoms with Crippen LogP contribution in [0.1, 0.15) is 21.5 Å². The molecule has 0 radical (unpaired) electrons. The maximum absolute atomic E-state index is 12.7. The van der Waals surface area contributed by atoms with Gasteiger partial charge in [0.2, 0.25) is 0 Å². The Hall–Kier alpha value is -2.53. The second-order valence-electron chi connectivity index (χ2n) is 5.85. The maximum Gasteiger partial charge on any atom is 0.416 e. The van der Waals surface area contributed by atoms with Gasteiger partial charge in [0.25, 0.3) is 5.91 Å². The normalized spacial score (nSPS) is 11.9. The summed E-state index contributed by atoms with van der Waals surface area (Å²) >= 11 is 0.966. The van der Waals surface area contributed by atoms with E-state index in [0.717, 1.165) is 36.2 Å². The van der Waals surface area contributed by atoms with Gasteiger partial charge in [0, 0.05) is 21.6 Å². The predicted molar refractivity (Wildman–Crippen MR) is 100.0 cm³/mol. The van der Waals surface area contributed by atoms with E-state index >= 15 is 0 Å². The van der Waals surface area contributed by atoms with Gasteiger partial charge in [-0.2, -0.15) is 18.2 Å². The second-order valence-corrected chi connectivity index (χ2v) is 8.95. The van der Waals surface area contributed by atoms with Gasteiger partial charge in [-0.25, -0.2) is 8.42 Å². The van der Waals surface area contributed by atoms with Crippen LogP contribution in [0.25, 0.3) is 0 Å². The van der Waals surface area contributed by atoms with Crippen molar-refractivity contribution >= 4 is 33.5 Å². The number of carbonyl (C=O) groups excluding carboxylic acids is 1. The van der Waals surface area contributed by atoms with E-state index in [9.17, 15) is 26.4 Å². The monoisotopic (exact) mass is 431 g/mol. The number of nitrogens with zero attached hydrogens (tertiary/aromatic N) is 1. The number of hydrogen-bond acceptors (Lipinski definition) is 4. The molecule has 0 aliphatic rings. The number of halogens is 3. The molecule has 0 aliphatic heterocycles. The summed E-state index contributed by atoms with van der Waals surface area (Å²) in [4.78, 5) is 16.0. The minimum atomic E-state index is -4.47. The topological polar surface area (TPSA) is 116 Å². The fourth-order valence-corrected chi connectivity index (χ4v) is 4.53. The molecule has 150 valence electrons. The zero-order chi connectivity index (χ0) is 21.3. The number of amides is 1. The highest BCUT2D eigenvalue weighted by Crippen LogP contribution is 2.37. The smallest absolute Gasteiger partial charge is 0.370 e. The molecule has 0 aromatic heterocycles. The molecule has 0 saturated heterocycles. The van der Waals surface area contributed by atoms with Gasteiger partial charge in [-0.3, -0.25) is 4.79 Å². The summed E-state index contributed by atoms with van der Waals surface area (Å²) in [5.41, 5.74) is 9.98. The molecule has 2 rings (SSSR count). The van der Waals surface area contributed by atoms with Gasteiger partial charge >= 0.3 is 6.18 Å². The summed E-state index contributed by atoms with van der Waals surface area (Å²) in [6.07, 6.45) is -3.51. The Bertz CT molecular complexity index is 1040. The van der Waals surface area contributed by atoms with Crippen molar-refractivity contribution in [3.05, 3.63) is 53.1 Å². The lowest BCUT2D eigenvalue weighted by Crippen LogP contribution is -2.24. The van der Waals surface area contributed by atoms with E-state index in [2.05, 4.69) is 4.99 Å². The standard InChI is InChI=1S/C17H16F3N3O3S2/c1-9-7-13(27-11-5-3-10(4-6-11)17(18,19)20)14(28(2,25)26)8-12(9)15(24)23-16(21)22/h3-8H,1-2H3,(H4,21,22,23,24). The van der Waals surface area contributed by atoms with Crippen LogP contribution in [-0.4, -0.2) is 26.5 Å². The lowest BCUT2D eigenvalue weighted by molar-refractivity contribution is -0.137. The molecule has 2 aromatic carbocycles. The van der Waals surface area contributed by atoms with E-state index < -0.39 is 33.4 Å². The Labute approximate surface area is 163 Å². The number of sulfone groups is 1. The Morgan fingerprint density at radius 2 is 1.68 bits per heavy atom. The third kappa shape index (κ3) is 5.26.